The van der Waals surface area contributed by atoms with Crippen LogP contribution in [0.15, 0.2) is 28.9 Å². The van der Waals surface area contributed by atoms with Crippen molar-refractivity contribution in [3.8, 4) is 0 Å². The number of nitro groups is 1. The van der Waals surface area contributed by atoms with E-state index in [4.69, 9.17) is 4.52 Å². The van der Waals surface area contributed by atoms with Crippen molar-refractivity contribution in [3.05, 3.63) is 51.7 Å². The molecule has 7 heteroatoms. The third kappa shape index (κ3) is 2.45. The van der Waals surface area contributed by atoms with Crippen LogP contribution in [-0.2, 0) is 0 Å². The quantitative estimate of drug-likeness (QED) is 0.642. The van der Waals surface area contributed by atoms with Crippen LogP contribution in [0.4, 0.5) is 5.69 Å². The molecule has 0 aromatic carbocycles. The highest BCUT2D eigenvalue weighted by Gasteiger charge is 2.26. The molecule has 6 nitrogen and oxygen atoms in total. The van der Waals surface area contributed by atoms with Crippen LogP contribution in [0.1, 0.15) is 17.1 Å². The minimum atomic E-state index is -0.519. The van der Waals surface area contributed by atoms with E-state index in [0.717, 1.165) is 0 Å². The Hall–Kier alpha value is -2.02. The Morgan fingerprint density at radius 3 is 2.94 bits per heavy atom. The van der Waals surface area contributed by atoms with Crippen LogP contribution in [0.3, 0.4) is 0 Å². The molecule has 0 aliphatic rings. The van der Waals surface area contributed by atoms with Gasteiger partial charge in [0.2, 0.25) is 0 Å². The van der Waals surface area contributed by atoms with Gasteiger partial charge in [0.1, 0.15) is 0 Å². The fourth-order valence-corrected chi connectivity index (χ4v) is 1.89. The van der Waals surface area contributed by atoms with E-state index in [0.29, 0.717) is 10.2 Å². The molecule has 2 rings (SSSR count). The van der Waals surface area contributed by atoms with E-state index in [1.807, 2.05) is 6.07 Å². The van der Waals surface area contributed by atoms with Crippen LogP contribution in [0, 0.1) is 17.0 Å². The molecule has 0 fully saturated rings. The molecule has 0 bridgehead atoms. The maximum atomic E-state index is 10.9. The van der Waals surface area contributed by atoms with Gasteiger partial charge in [-0.15, -0.1) is 0 Å². The third-order valence-corrected chi connectivity index (χ3v) is 2.78. The lowest BCUT2D eigenvalue weighted by atomic mass is 10.2. The second-order valence-corrected chi connectivity index (χ2v) is 4.30. The summed E-state index contributed by atoms with van der Waals surface area (Å²) in [4.78, 5) is 14.5. The molecule has 0 spiro atoms. The molecule has 0 radical (unpaired) electrons. The van der Waals surface area contributed by atoms with E-state index < -0.39 is 4.92 Å². The summed E-state index contributed by atoms with van der Waals surface area (Å²) in [5.41, 5.74) is 0.753. The molecule has 0 saturated heterocycles. The maximum Gasteiger partial charge on any atom is 0.339 e. The lowest BCUT2D eigenvalue weighted by Crippen LogP contribution is -1.91. The van der Waals surface area contributed by atoms with E-state index >= 15 is 0 Å². The van der Waals surface area contributed by atoms with E-state index in [1.165, 1.54) is 6.92 Å². The molecular weight excluding hydrogens is 302 g/mol. The van der Waals surface area contributed by atoms with Gasteiger partial charge in [-0.2, -0.15) is 0 Å². The lowest BCUT2D eigenvalue weighted by Gasteiger charge is -1.94. The predicted octanol–water partition coefficient (Wildman–Crippen LogP) is 3.18. The Balaban J connectivity index is 2.44. The maximum absolute atomic E-state index is 10.9. The monoisotopic (exact) mass is 309 g/mol. The highest BCUT2D eigenvalue weighted by atomic mass is 79.9. The van der Waals surface area contributed by atoms with Gasteiger partial charge in [0.05, 0.1) is 15.1 Å². The normalized spacial score (nSPS) is 11.6. The number of pyridine rings is 1. The largest absolute Gasteiger partial charge is 0.348 e. The first-order valence-corrected chi connectivity index (χ1v) is 5.78. The van der Waals surface area contributed by atoms with Crippen molar-refractivity contribution < 1.29 is 9.45 Å². The summed E-state index contributed by atoms with van der Waals surface area (Å²) in [6, 6.07) is 5.38. The number of aryl methyl sites for hydroxylation is 1. The molecule has 0 saturated carbocycles. The molecule has 2 heterocycles. The zero-order chi connectivity index (χ0) is 13.1. The smallest absolute Gasteiger partial charge is 0.339 e. The number of rotatable bonds is 3. The molecule has 0 amide bonds. The number of nitrogens with zero attached hydrogens (tertiary/aromatic N) is 3. The van der Waals surface area contributed by atoms with Crippen LogP contribution < -0.4 is 0 Å². The van der Waals surface area contributed by atoms with Crippen LogP contribution in [0.5, 0.6) is 0 Å². The highest BCUT2D eigenvalue weighted by molar-refractivity contribution is 9.15. The first kappa shape index (κ1) is 12.4. The summed E-state index contributed by atoms with van der Waals surface area (Å²) in [6.07, 6.45) is 3.26. The first-order chi connectivity index (χ1) is 8.59. The number of hydrogen-bond donors (Lipinski definition) is 0. The highest BCUT2D eigenvalue weighted by Crippen LogP contribution is 2.33. The van der Waals surface area contributed by atoms with Gasteiger partial charge in [0, 0.05) is 6.20 Å². The van der Waals surface area contributed by atoms with E-state index in [9.17, 15) is 10.1 Å². The SMILES string of the molecule is Cc1noc(/C(Br)=C\c2ccccn2)c1[N+](=O)[O-]. The van der Waals surface area contributed by atoms with Gasteiger partial charge in [0.15, 0.2) is 5.69 Å². The fraction of sp³-hybridized carbons (Fsp3) is 0.0909. The van der Waals surface area contributed by atoms with E-state index in [1.54, 1.807) is 24.4 Å². The number of halogens is 1. The van der Waals surface area contributed by atoms with Gasteiger partial charge in [-0.25, -0.2) is 0 Å². The lowest BCUT2D eigenvalue weighted by molar-refractivity contribution is -0.386. The van der Waals surface area contributed by atoms with Crippen LogP contribution in [0.2, 0.25) is 0 Å². The van der Waals surface area contributed by atoms with E-state index in [2.05, 4.69) is 26.1 Å². The molecule has 0 unspecified atom stereocenters. The Kier molecular flexibility index (Phi) is 3.52. The molecule has 0 aliphatic carbocycles. The summed E-state index contributed by atoms with van der Waals surface area (Å²) in [6.45, 7) is 1.52. The van der Waals surface area contributed by atoms with Crippen molar-refractivity contribution >= 4 is 32.2 Å². The Morgan fingerprint density at radius 1 is 1.56 bits per heavy atom. The summed E-state index contributed by atoms with van der Waals surface area (Å²) >= 11 is 3.24. The van der Waals surface area contributed by atoms with Gasteiger partial charge in [-0.05, 0) is 41.1 Å². The average molecular weight is 310 g/mol. The molecule has 18 heavy (non-hydrogen) atoms. The topological polar surface area (TPSA) is 82.1 Å². The standard InChI is InChI=1S/C11H8BrN3O3/c1-7-10(15(16)17)11(18-14-7)9(12)6-8-4-2-3-5-13-8/h2-6H,1H3/b9-6+. The summed E-state index contributed by atoms with van der Waals surface area (Å²) in [5, 5.41) is 14.5. The van der Waals surface area contributed by atoms with Crippen LogP contribution >= 0.6 is 15.9 Å². The second kappa shape index (κ2) is 5.09. The third-order valence-electron chi connectivity index (χ3n) is 2.19. The van der Waals surface area contributed by atoms with E-state index in [-0.39, 0.29) is 17.1 Å². The predicted molar refractivity (Wildman–Crippen MR) is 68.9 cm³/mol. The average Bonchev–Trinajstić information content (AvgIpc) is 2.72. The molecule has 0 aliphatic heterocycles. The van der Waals surface area contributed by atoms with Crippen molar-refractivity contribution in [2.24, 2.45) is 0 Å². The van der Waals surface area contributed by atoms with Crippen molar-refractivity contribution in [1.29, 1.82) is 0 Å². The van der Waals surface area contributed by atoms with Gasteiger partial charge in [-0.3, -0.25) is 15.1 Å². The summed E-state index contributed by atoms with van der Waals surface area (Å²) in [5.74, 6) is 0.0863. The van der Waals surface area contributed by atoms with Gasteiger partial charge >= 0.3 is 5.69 Å². The van der Waals surface area contributed by atoms with Gasteiger partial charge in [-0.1, -0.05) is 11.2 Å². The molecule has 2 aromatic heterocycles. The fourth-order valence-electron chi connectivity index (χ4n) is 1.39. The number of hydrogen-bond acceptors (Lipinski definition) is 5. The van der Waals surface area contributed by atoms with Gasteiger partial charge < -0.3 is 4.52 Å². The molecule has 0 N–H and O–H groups in total. The molecule has 2 aromatic rings. The molecule has 0 atom stereocenters. The van der Waals surface area contributed by atoms with Crippen LogP contribution in [-0.4, -0.2) is 15.1 Å². The second-order valence-electron chi connectivity index (χ2n) is 3.45. The minimum Gasteiger partial charge on any atom is -0.348 e. The Morgan fingerprint density at radius 2 is 2.33 bits per heavy atom. The zero-order valence-electron chi connectivity index (χ0n) is 9.33. The number of aromatic nitrogens is 2. The molecular formula is C11H8BrN3O3. The van der Waals surface area contributed by atoms with Crippen molar-refractivity contribution in [2.75, 3.05) is 0 Å². The van der Waals surface area contributed by atoms with Crippen LogP contribution in [0.25, 0.3) is 10.6 Å². The zero-order valence-corrected chi connectivity index (χ0v) is 10.9. The van der Waals surface area contributed by atoms with Gasteiger partial charge in [0.25, 0.3) is 5.76 Å². The van der Waals surface area contributed by atoms with Crippen molar-refractivity contribution in [1.82, 2.24) is 10.1 Å². The Labute approximate surface area is 111 Å². The van der Waals surface area contributed by atoms with Crippen molar-refractivity contribution in [2.45, 2.75) is 6.92 Å². The summed E-state index contributed by atoms with van der Waals surface area (Å²) in [7, 11) is 0. The molecule has 92 valence electrons. The van der Waals surface area contributed by atoms with Crippen molar-refractivity contribution in [3.63, 3.8) is 0 Å². The first-order valence-electron chi connectivity index (χ1n) is 4.99. The minimum absolute atomic E-state index is 0.0863. The summed E-state index contributed by atoms with van der Waals surface area (Å²) < 4.78 is 5.38. The Bertz CT molecular complexity index is 607.